The number of rotatable bonds is 7. The van der Waals surface area contributed by atoms with Gasteiger partial charge in [-0.15, -0.1) is 0 Å². The van der Waals surface area contributed by atoms with Gasteiger partial charge in [0.15, 0.2) is 0 Å². The molecule has 204 valence electrons. The molecule has 0 saturated carbocycles. The molecular weight excluding hydrogens is 531 g/mol. The van der Waals surface area contributed by atoms with E-state index in [0.717, 1.165) is 12.1 Å². The summed E-state index contributed by atoms with van der Waals surface area (Å²) in [5, 5.41) is 5.28. The number of carbonyl (C=O) groups excluding carboxylic acids is 4. The van der Waals surface area contributed by atoms with Gasteiger partial charge >= 0.3 is 18.2 Å². The van der Waals surface area contributed by atoms with Crippen LogP contribution in [0.4, 0.5) is 34.1 Å². The minimum Gasteiger partial charge on any atom is -0.398 e. The van der Waals surface area contributed by atoms with Crippen molar-refractivity contribution in [2.45, 2.75) is 25.2 Å². The first-order valence-corrected chi connectivity index (χ1v) is 11.6. The lowest BCUT2D eigenvalue weighted by Gasteiger charge is -2.23. The van der Waals surface area contributed by atoms with Gasteiger partial charge in [0, 0.05) is 36.4 Å². The third-order valence-corrected chi connectivity index (χ3v) is 6.03. The number of anilines is 2. The van der Waals surface area contributed by atoms with Crippen molar-refractivity contribution < 1.29 is 32.3 Å². The highest BCUT2D eigenvalue weighted by Gasteiger charge is 2.32. The maximum atomic E-state index is 12.9. The average molecular weight is 556 g/mol. The van der Waals surface area contributed by atoms with Crippen molar-refractivity contribution in [2.75, 3.05) is 30.3 Å². The number of nitrogens with zero attached hydrogens (tertiary/aromatic N) is 2. The maximum absolute atomic E-state index is 12.9. The van der Waals surface area contributed by atoms with Gasteiger partial charge in [0.1, 0.15) is 0 Å². The Hall–Kier alpha value is -4.04. The second-order valence-corrected chi connectivity index (χ2v) is 8.99. The molecule has 11 nitrogen and oxygen atoms in total. The summed E-state index contributed by atoms with van der Waals surface area (Å²) in [6.07, 6.45) is -4.10. The van der Waals surface area contributed by atoms with Gasteiger partial charge in [-0.05, 0) is 42.3 Å². The lowest BCUT2D eigenvalue weighted by atomic mass is 10.1. The molecule has 0 aromatic heterocycles. The minimum absolute atomic E-state index is 0.140. The van der Waals surface area contributed by atoms with E-state index >= 15 is 0 Å². The average Bonchev–Trinajstić information content (AvgIpc) is 3.25. The van der Waals surface area contributed by atoms with E-state index in [1.54, 1.807) is 12.1 Å². The van der Waals surface area contributed by atoms with Gasteiger partial charge in [-0.2, -0.15) is 13.2 Å². The largest absolute Gasteiger partial charge is 0.416 e. The molecule has 0 spiro atoms. The van der Waals surface area contributed by atoms with Crippen LogP contribution < -0.4 is 32.7 Å². The van der Waals surface area contributed by atoms with Gasteiger partial charge in [0.25, 0.3) is 5.91 Å². The van der Waals surface area contributed by atoms with Crippen molar-refractivity contribution >= 4 is 46.9 Å². The van der Waals surface area contributed by atoms with Crippen molar-refractivity contribution in [3.63, 3.8) is 0 Å². The summed E-state index contributed by atoms with van der Waals surface area (Å²) >= 11 is 6.02. The highest BCUT2D eigenvalue weighted by Crippen LogP contribution is 2.31. The molecule has 8 N–H and O–H groups in total. The van der Waals surface area contributed by atoms with E-state index in [4.69, 9.17) is 28.8 Å². The van der Waals surface area contributed by atoms with Crippen LogP contribution in [0.25, 0.3) is 0 Å². The van der Waals surface area contributed by atoms with Crippen LogP contribution in [-0.4, -0.2) is 54.5 Å². The van der Waals surface area contributed by atoms with E-state index in [1.807, 2.05) is 4.90 Å². The molecule has 0 radical (unpaired) electrons. The van der Waals surface area contributed by atoms with Gasteiger partial charge < -0.3 is 27.8 Å². The third-order valence-electron chi connectivity index (χ3n) is 5.80. The molecular formula is C23H25ClF3N7O4. The fourth-order valence-corrected chi connectivity index (χ4v) is 4.19. The number of hydrogen-bond donors (Lipinski definition) is 5. The van der Waals surface area contributed by atoms with Gasteiger partial charge in [0.2, 0.25) is 5.91 Å². The van der Waals surface area contributed by atoms with Crippen LogP contribution in [0.2, 0.25) is 5.02 Å². The van der Waals surface area contributed by atoms with Crippen molar-refractivity contribution in [1.29, 1.82) is 0 Å². The lowest BCUT2D eigenvalue weighted by Crippen LogP contribution is -2.45. The molecule has 2 aromatic rings. The zero-order valence-corrected chi connectivity index (χ0v) is 20.6. The van der Waals surface area contributed by atoms with Crippen LogP contribution in [0.15, 0.2) is 36.4 Å². The van der Waals surface area contributed by atoms with Crippen molar-refractivity contribution in [3.05, 3.63) is 58.1 Å². The summed E-state index contributed by atoms with van der Waals surface area (Å²) in [7, 11) is 0. The van der Waals surface area contributed by atoms with E-state index in [9.17, 15) is 32.3 Å². The fraction of sp³-hybridized carbons (Fsp3) is 0.304. The third kappa shape index (κ3) is 7.04. The number of nitrogens with one attached hydrogen (secondary N) is 2. The zero-order chi connectivity index (χ0) is 28.2. The van der Waals surface area contributed by atoms with Gasteiger partial charge in [-0.3, -0.25) is 14.5 Å². The summed E-state index contributed by atoms with van der Waals surface area (Å²) in [5.41, 5.74) is 15.3. The van der Waals surface area contributed by atoms with Crippen molar-refractivity contribution in [1.82, 2.24) is 15.5 Å². The molecule has 0 unspecified atom stereocenters. The predicted octanol–water partition coefficient (Wildman–Crippen LogP) is 2.03. The summed E-state index contributed by atoms with van der Waals surface area (Å²) in [6.45, 7) is 0.753. The number of hydrogen-bond acceptors (Lipinski definition) is 6. The van der Waals surface area contributed by atoms with Crippen LogP contribution in [0.3, 0.4) is 0 Å². The molecule has 1 fully saturated rings. The Morgan fingerprint density at radius 1 is 1.08 bits per heavy atom. The molecule has 15 heteroatoms. The quantitative estimate of drug-likeness (QED) is 0.326. The van der Waals surface area contributed by atoms with E-state index in [-0.39, 0.29) is 34.5 Å². The van der Waals surface area contributed by atoms with Gasteiger partial charge in [-0.25, -0.2) is 14.5 Å². The number of amides is 6. The normalized spacial score (nSPS) is 15.6. The summed E-state index contributed by atoms with van der Waals surface area (Å²) in [5.74, 6) is -1.46. The molecule has 3 rings (SSSR count). The van der Waals surface area contributed by atoms with Crippen LogP contribution in [-0.2, 0) is 17.5 Å². The standard InChI is InChI=1S/C23H25ClF3N7O4/c24-14-3-1-12(18(8-14)34(21(29)37)22(30)38)10-33-6-5-15(11-33)32-19(35)9-31-20(36)16-7-13(23(25,26)27)2-4-17(16)28/h1-4,7-8,15H,5-6,9-11,28H2,(H2,29,37)(H2,30,38)(H,31,36)(H,32,35)/t15-/m0/s1. The van der Waals surface area contributed by atoms with Crippen LogP contribution in [0.5, 0.6) is 0 Å². The van der Waals surface area contributed by atoms with Crippen LogP contribution >= 0.6 is 11.6 Å². The van der Waals surface area contributed by atoms with E-state index in [0.29, 0.717) is 36.0 Å². The molecule has 0 bridgehead atoms. The zero-order valence-electron chi connectivity index (χ0n) is 19.8. The number of nitrogens with two attached hydrogens (primary N) is 3. The number of imide groups is 1. The molecule has 0 aliphatic carbocycles. The van der Waals surface area contributed by atoms with E-state index < -0.39 is 42.2 Å². The molecule has 1 atom stereocenters. The Balaban J connectivity index is 1.57. The Morgan fingerprint density at radius 3 is 2.39 bits per heavy atom. The van der Waals surface area contributed by atoms with E-state index in [1.165, 1.54) is 6.07 Å². The summed E-state index contributed by atoms with van der Waals surface area (Å²) in [6, 6.07) is 4.52. The first-order valence-electron chi connectivity index (χ1n) is 11.2. The SMILES string of the molecule is NC(=O)N(C(N)=O)c1cc(Cl)ccc1CN1CC[C@H](NC(=O)CNC(=O)c2cc(C(F)(F)F)ccc2N)C1. The number of likely N-dealkylation sites (tertiary alicyclic amines) is 1. The molecule has 1 heterocycles. The van der Waals surface area contributed by atoms with Gasteiger partial charge in [0.05, 0.1) is 23.4 Å². The lowest BCUT2D eigenvalue weighted by molar-refractivity contribution is -0.137. The number of halogens is 4. The number of alkyl halides is 3. The number of benzene rings is 2. The first kappa shape index (κ1) is 28.5. The molecule has 2 aromatic carbocycles. The molecule has 1 saturated heterocycles. The van der Waals surface area contributed by atoms with Crippen molar-refractivity contribution in [2.24, 2.45) is 11.5 Å². The number of carbonyl (C=O) groups is 4. The van der Waals surface area contributed by atoms with Crippen LogP contribution in [0.1, 0.15) is 27.9 Å². The smallest absolute Gasteiger partial charge is 0.398 e. The Morgan fingerprint density at radius 2 is 1.76 bits per heavy atom. The summed E-state index contributed by atoms with van der Waals surface area (Å²) < 4.78 is 38.8. The second-order valence-electron chi connectivity index (χ2n) is 8.56. The first-order chi connectivity index (χ1) is 17.8. The number of urea groups is 2. The molecule has 1 aliphatic heterocycles. The number of nitrogen functional groups attached to an aromatic ring is 1. The maximum Gasteiger partial charge on any atom is 0.416 e. The Labute approximate surface area is 220 Å². The van der Waals surface area contributed by atoms with Gasteiger partial charge in [-0.1, -0.05) is 17.7 Å². The van der Waals surface area contributed by atoms with E-state index in [2.05, 4.69) is 10.6 Å². The fourth-order valence-electron chi connectivity index (χ4n) is 4.02. The highest BCUT2D eigenvalue weighted by atomic mass is 35.5. The topological polar surface area (TPSA) is 177 Å². The summed E-state index contributed by atoms with van der Waals surface area (Å²) in [4.78, 5) is 50.7. The highest BCUT2D eigenvalue weighted by molar-refractivity contribution is 6.31. The monoisotopic (exact) mass is 555 g/mol. The molecule has 38 heavy (non-hydrogen) atoms. The Kier molecular flexibility index (Phi) is 8.68. The predicted molar refractivity (Wildman–Crippen MR) is 133 cm³/mol. The van der Waals surface area contributed by atoms with Crippen molar-refractivity contribution in [3.8, 4) is 0 Å². The Bertz CT molecular complexity index is 1240. The second kappa shape index (κ2) is 11.6. The van der Waals surface area contributed by atoms with Crippen LogP contribution in [0, 0.1) is 0 Å². The minimum atomic E-state index is -4.65. The molecule has 1 aliphatic rings. The molecule has 6 amide bonds. The number of primary amides is 2.